The molecule has 0 amide bonds. The van der Waals surface area contributed by atoms with Gasteiger partial charge in [0.05, 0.1) is 0 Å². The zero-order valence-electron chi connectivity index (χ0n) is 32.6. The van der Waals surface area contributed by atoms with Gasteiger partial charge in [0.2, 0.25) is 0 Å². The third kappa shape index (κ3) is 8.41. The smallest absolute Gasteiger partial charge is 0.150 e. The fourth-order valence-electron chi connectivity index (χ4n) is 7.47. The predicted molar refractivity (Wildman–Crippen MR) is 249 cm³/mol. The minimum atomic E-state index is -1.40. The minimum absolute atomic E-state index is 0.469. The topological polar surface area (TPSA) is 50.7 Å². The van der Waals surface area contributed by atoms with E-state index in [9.17, 15) is 5.11 Å². The van der Waals surface area contributed by atoms with Crippen molar-refractivity contribution in [1.82, 2.24) is 5.32 Å². The van der Waals surface area contributed by atoms with Gasteiger partial charge in [-0.15, -0.1) is 0 Å². The van der Waals surface area contributed by atoms with Gasteiger partial charge in [-0.3, -0.25) is 5.32 Å². The third-order valence-electron chi connectivity index (χ3n) is 10.4. The molecule has 1 unspecified atom stereocenters. The average molecular weight is 804 g/mol. The van der Waals surface area contributed by atoms with E-state index < -0.39 is 22.5 Å². The highest BCUT2D eigenvalue weighted by atomic mass is 31.1. The summed E-state index contributed by atoms with van der Waals surface area (Å²) in [6, 6.07) is 73.3. The molecule has 0 saturated heterocycles. The number of hydrogen-bond donors (Lipinski definition) is 2. The first-order valence-electron chi connectivity index (χ1n) is 19.8. The highest BCUT2D eigenvalue weighted by Crippen LogP contribution is 2.53. The highest BCUT2D eigenvalue weighted by Gasteiger charge is 2.30. The maximum absolute atomic E-state index is 12.4. The number of aliphatic hydroxyl groups is 1. The fraction of sp³-hybridized carbons (Fsp3) is 0.0566. The molecule has 9 aromatic carbocycles. The van der Waals surface area contributed by atoms with Crippen molar-refractivity contribution in [2.24, 2.45) is 0 Å². The van der Waals surface area contributed by atoms with Gasteiger partial charge in [-0.05, 0) is 46.2 Å². The third-order valence-corrected chi connectivity index (χ3v) is 14.2. The highest BCUT2D eigenvalue weighted by molar-refractivity contribution is 7.69. The lowest BCUT2D eigenvalue weighted by molar-refractivity contribution is 0.135. The summed E-state index contributed by atoms with van der Waals surface area (Å²) in [7, 11) is -2.69. The lowest BCUT2D eigenvalue weighted by Crippen LogP contribution is -2.22. The number of hydrogen-bond acceptors (Lipinski definition) is 4. The Morgan fingerprint density at radius 3 is 1.47 bits per heavy atom. The zero-order chi connectivity index (χ0) is 40.0. The van der Waals surface area contributed by atoms with Crippen molar-refractivity contribution < 1.29 is 14.2 Å². The van der Waals surface area contributed by atoms with E-state index in [1.807, 2.05) is 30.3 Å². The van der Waals surface area contributed by atoms with Crippen LogP contribution in [0.25, 0.3) is 32.7 Å². The summed E-state index contributed by atoms with van der Waals surface area (Å²) in [5, 5.41) is 24.3. The number of nitrogens with one attached hydrogen (secondary N) is 1. The van der Waals surface area contributed by atoms with Crippen molar-refractivity contribution >= 4 is 59.1 Å². The van der Waals surface area contributed by atoms with E-state index in [-0.39, 0.29) is 0 Å². The number of rotatable bonds is 13. The van der Waals surface area contributed by atoms with Crippen LogP contribution in [-0.4, -0.2) is 5.11 Å². The van der Waals surface area contributed by atoms with E-state index in [2.05, 4.69) is 194 Å². The standard InChI is InChI=1S/C53H43NO3P2/c1-38-30-32-39(33-31-38)37-54-53(55)48-36-41-19-15-17-29-47(41)51(52(48)57-59(44-24-10-4-11-25-44)45-26-12-5-13-27-45)50-46-28-16-14-18-40(46)34-35-49(50)56-58(42-20-6-2-7-21-42)43-22-8-3-9-23-43/h2-36,53-55H,37H2,1H3. The lowest BCUT2D eigenvalue weighted by Gasteiger charge is -2.28. The van der Waals surface area contributed by atoms with Gasteiger partial charge in [0.25, 0.3) is 0 Å². The average Bonchev–Trinajstić information content (AvgIpc) is 3.30. The largest absolute Gasteiger partial charge is 0.464 e. The van der Waals surface area contributed by atoms with Crippen LogP contribution in [0.5, 0.6) is 11.5 Å². The molecule has 4 nitrogen and oxygen atoms in total. The Bertz CT molecular complexity index is 2720. The summed E-state index contributed by atoms with van der Waals surface area (Å²) >= 11 is 0. The summed E-state index contributed by atoms with van der Waals surface area (Å²) in [5.74, 6) is 1.34. The molecule has 0 fully saturated rings. The monoisotopic (exact) mass is 803 g/mol. The van der Waals surface area contributed by atoms with E-state index in [1.54, 1.807) is 0 Å². The fourth-order valence-corrected chi connectivity index (χ4v) is 11.0. The van der Waals surface area contributed by atoms with Crippen LogP contribution in [0.2, 0.25) is 0 Å². The Labute approximate surface area is 348 Å². The van der Waals surface area contributed by atoms with Crippen molar-refractivity contribution in [2.45, 2.75) is 19.7 Å². The first-order valence-corrected chi connectivity index (χ1v) is 22.3. The van der Waals surface area contributed by atoms with Crippen molar-refractivity contribution in [3.63, 3.8) is 0 Å². The molecule has 0 aliphatic heterocycles. The number of aryl methyl sites for hydroxylation is 1. The molecule has 0 aliphatic carbocycles. The van der Waals surface area contributed by atoms with E-state index in [0.717, 1.165) is 65.2 Å². The van der Waals surface area contributed by atoms with Crippen LogP contribution in [0.1, 0.15) is 22.9 Å². The van der Waals surface area contributed by atoms with Gasteiger partial charge >= 0.3 is 0 Å². The van der Waals surface area contributed by atoms with Gasteiger partial charge in [0.15, 0.2) is 16.3 Å². The Hall–Kier alpha value is -6.12. The summed E-state index contributed by atoms with van der Waals surface area (Å²) in [6.07, 6.45) is -1.07. The Balaban J connectivity index is 1.31. The zero-order valence-corrected chi connectivity index (χ0v) is 34.4. The van der Waals surface area contributed by atoms with Crippen LogP contribution in [-0.2, 0) is 6.54 Å². The molecule has 6 heteroatoms. The van der Waals surface area contributed by atoms with Crippen molar-refractivity contribution in [3.8, 4) is 22.6 Å². The molecule has 0 aliphatic rings. The second-order valence-corrected chi connectivity index (χ2v) is 18.0. The van der Waals surface area contributed by atoms with E-state index in [0.29, 0.717) is 17.9 Å². The molecule has 59 heavy (non-hydrogen) atoms. The van der Waals surface area contributed by atoms with Crippen molar-refractivity contribution in [1.29, 1.82) is 0 Å². The SMILES string of the molecule is Cc1ccc(CNC(O)c2cc3ccccc3c(-c3c(OP(c4ccccc4)c4ccccc4)ccc4ccccc34)c2OP(c2ccccc2)c2ccccc2)cc1. The summed E-state index contributed by atoms with van der Waals surface area (Å²) in [4.78, 5) is 0. The van der Waals surface area contributed by atoms with Crippen LogP contribution < -0.4 is 35.6 Å². The maximum Gasteiger partial charge on any atom is 0.150 e. The summed E-state index contributed by atoms with van der Waals surface area (Å²) in [6.45, 7) is 2.55. The van der Waals surface area contributed by atoms with Gasteiger partial charge < -0.3 is 14.2 Å². The molecule has 0 aromatic heterocycles. The van der Waals surface area contributed by atoms with Gasteiger partial charge in [-0.2, -0.15) is 0 Å². The molecular formula is C53H43NO3P2. The van der Waals surface area contributed by atoms with Crippen LogP contribution in [0, 0.1) is 6.92 Å². The number of fused-ring (bicyclic) bond motifs is 2. The second kappa shape index (κ2) is 17.8. The maximum atomic E-state index is 12.4. The Kier molecular flexibility index (Phi) is 11.6. The second-order valence-electron chi connectivity index (χ2n) is 14.4. The first kappa shape index (κ1) is 38.4. The normalized spacial score (nSPS) is 11.9. The van der Waals surface area contributed by atoms with Gasteiger partial charge in [0.1, 0.15) is 17.7 Å². The Morgan fingerprint density at radius 2 is 0.932 bits per heavy atom. The van der Waals surface area contributed by atoms with Crippen molar-refractivity contribution in [3.05, 3.63) is 229 Å². The molecule has 288 valence electrons. The quantitative estimate of drug-likeness (QED) is 0.0900. The summed E-state index contributed by atoms with van der Waals surface area (Å²) < 4.78 is 15.0. The van der Waals surface area contributed by atoms with E-state index >= 15 is 0 Å². The minimum Gasteiger partial charge on any atom is -0.464 e. The van der Waals surface area contributed by atoms with Crippen LogP contribution in [0.15, 0.2) is 212 Å². The molecular weight excluding hydrogens is 761 g/mol. The van der Waals surface area contributed by atoms with Crippen LogP contribution >= 0.6 is 16.3 Å². The molecule has 0 saturated carbocycles. The predicted octanol–water partition coefficient (Wildman–Crippen LogP) is 11.6. The Morgan fingerprint density at radius 1 is 0.475 bits per heavy atom. The molecule has 9 rings (SSSR count). The molecule has 0 bridgehead atoms. The van der Waals surface area contributed by atoms with E-state index in [4.69, 9.17) is 9.05 Å². The van der Waals surface area contributed by atoms with Gasteiger partial charge in [-0.25, -0.2) is 0 Å². The van der Waals surface area contributed by atoms with Gasteiger partial charge in [-0.1, -0.05) is 206 Å². The van der Waals surface area contributed by atoms with Gasteiger partial charge in [0, 0.05) is 44.5 Å². The summed E-state index contributed by atoms with van der Waals surface area (Å²) in [5.41, 5.74) is 4.70. The number of aliphatic hydroxyl groups excluding tert-OH is 1. The lowest BCUT2D eigenvalue weighted by atomic mass is 9.90. The first-order chi connectivity index (χ1) is 29.1. The molecule has 0 radical (unpaired) electrons. The molecule has 2 N–H and O–H groups in total. The van der Waals surface area contributed by atoms with Crippen molar-refractivity contribution in [2.75, 3.05) is 0 Å². The van der Waals surface area contributed by atoms with Crippen LogP contribution in [0.3, 0.4) is 0 Å². The van der Waals surface area contributed by atoms with E-state index in [1.165, 1.54) is 5.56 Å². The van der Waals surface area contributed by atoms with Crippen LogP contribution in [0.4, 0.5) is 0 Å². The molecule has 0 spiro atoms. The molecule has 9 aromatic rings. The molecule has 0 heterocycles. The number of benzene rings is 9. The molecule has 1 atom stereocenters.